The first kappa shape index (κ1) is 13.5. The third-order valence-corrected chi connectivity index (χ3v) is 3.80. The highest BCUT2D eigenvalue weighted by atomic mass is 79.9. The van der Waals surface area contributed by atoms with Gasteiger partial charge in [-0.3, -0.25) is 0 Å². The Balaban J connectivity index is 2.42. The van der Waals surface area contributed by atoms with Crippen molar-refractivity contribution in [2.24, 2.45) is 5.73 Å². The van der Waals surface area contributed by atoms with Crippen molar-refractivity contribution >= 4 is 27.5 Å². The van der Waals surface area contributed by atoms with Gasteiger partial charge >= 0.3 is 0 Å². The second kappa shape index (κ2) is 5.34. The lowest BCUT2D eigenvalue weighted by Crippen LogP contribution is -2.13. The summed E-state index contributed by atoms with van der Waals surface area (Å²) in [5, 5.41) is 0.379. The van der Waals surface area contributed by atoms with Gasteiger partial charge in [0.2, 0.25) is 0 Å². The average Bonchev–Trinajstić information content (AvgIpc) is 2.34. The first-order valence-electron chi connectivity index (χ1n) is 5.14. The van der Waals surface area contributed by atoms with Gasteiger partial charge in [0.25, 0.3) is 0 Å². The third-order valence-electron chi connectivity index (χ3n) is 2.60. The van der Waals surface area contributed by atoms with Crippen molar-refractivity contribution in [1.82, 2.24) is 0 Å². The van der Waals surface area contributed by atoms with Crippen molar-refractivity contribution in [1.29, 1.82) is 0 Å². The highest BCUT2D eigenvalue weighted by Crippen LogP contribution is 2.30. The minimum absolute atomic E-state index is 0.273. The summed E-state index contributed by atoms with van der Waals surface area (Å²) in [6.07, 6.45) is 0. The molecule has 0 fully saturated rings. The molecule has 94 valence electrons. The number of nitrogens with two attached hydrogens (primary N) is 1. The SMILES string of the molecule is NC(c1ccc(F)cc1)c1cc(Cl)c(Br)cc1F. The Morgan fingerprint density at radius 3 is 2.33 bits per heavy atom. The van der Waals surface area contributed by atoms with Crippen LogP contribution in [-0.4, -0.2) is 0 Å². The van der Waals surface area contributed by atoms with Crippen LogP contribution in [0.2, 0.25) is 5.02 Å². The van der Waals surface area contributed by atoms with Crippen LogP contribution < -0.4 is 5.73 Å². The van der Waals surface area contributed by atoms with E-state index < -0.39 is 11.9 Å². The minimum Gasteiger partial charge on any atom is -0.320 e. The molecule has 0 spiro atoms. The lowest BCUT2D eigenvalue weighted by Gasteiger charge is -2.14. The Labute approximate surface area is 117 Å². The summed E-state index contributed by atoms with van der Waals surface area (Å²) in [6, 6.07) is 7.67. The van der Waals surface area contributed by atoms with E-state index in [1.165, 1.54) is 36.4 Å². The van der Waals surface area contributed by atoms with Crippen molar-refractivity contribution < 1.29 is 8.78 Å². The molecule has 1 nitrogen and oxygen atoms in total. The molecule has 0 bridgehead atoms. The molecule has 0 saturated carbocycles. The Morgan fingerprint density at radius 1 is 1.11 bits per heavy atom. The van der Waals surface area contributed by atoms with Crippen molar-refractivity contribution in [2.75, 3.05) is 0 Å². The average molecular weight is 333 g/mol. The van der Waals surface area contributed by atoms with Crippen molar-refractivity contribution in [2.45, 2.75) is 6.04 Å². The number of hydrogen-bond acceptors (Lipinski definition) is 1. The molecule has 2 aromatic carbocycles. The van der Waals surface area contributed by atoms with E-state index >= 15 is 0 Å². The second-order valence-electron chi connectivity index (χ2n) is 3.82. The van der Waals surface area contributed by atoms with E-state index in [0.717, 1.165) is 0 Å². The summed E-state index contributed by atoms with van der Waals surface area (Å²) in [5.41, 5.74) is 6.84. The van der Waals surface area contributed by atoms with Gasteiger partial charge in [0.1, 0.15) is 11.6 Å². The topological polar surface area (TPSA) is 26.0 Å². The molecule has 0 aliphatic heterocycles. The van der Waals surface area contributed by atoms with Crippen molar-refractivity contribution in [3.05, 3.63) is 68.7 Å². The summed E-state index contributed by atoms with van der Waals surface area (Å²) >= 11 is 9.05. The van der Waals surface area contributed by atoms with Gasteiger partial charge in [-0.05, 0) is 45.8 Å². The van der Waals surface area contributed by atoms with Crippen LogP contribution in [0.1, 0.15) is 17.2 Å². The largest absolute Gasteiger partial charge is 0.320 e. The molecule has 0 aliphatic carbocycles. The number of rotatable bonds is 2. The second-order valence-corrected chi connectivity index (χ2v) is 5.08. The van der Waals surface area contributed by atoms with Gasteiger partial charge in [-0.25, -0.2) is 8.78 Å². The smallest absolute Gasteiger partial charge is 0.129 e. The standard InChI is InChI=1S/C13H9BrClF2N/c14-10-6-12(17)9(5-11(10)15)13(18)7-1-3-8(16)4-2-7/h1-6,13H,18H2. The molecule has 0 radical (unpaired) electrons. The molecule has 0 amide bonds. The first-order valence-corrected chi connectivity index (χ1v) is 6.31. The maximum atomic E-state index is 13.8. The van der Waals surface area contributed by atoms with Gasteiger partial charge in [0.05, 0.1) is 11.1 Å². The molecule has 5 heteroatoms. The van der Waals surface area contributed by atoms with Crippen LogP contribution >= 0.6 is 27.5 Å². The van der Waals surface area contributed by atoms with E-state index in [4.69, 9.17) is 17.3 Å². The van der Waals surface area contributed by atoms with Gasteiger partial charge in [0, 0.05) is 10.0 Å². The van der Waals surface area contributed by atoms with Crippen LogP contribution in [0.4, 0.5) is 8.78 Å². The molecule has 0 heterocycles. The van der Waals surface area contributed by atoms with Gasteiger partial charge < -0.3 is 5.73 Å². The molecule has 18 heavy (non-hydrogen) atoms. The van der Waals surface area contributed by atoms with Crippen LogP contribution in [0.25, 0.3) is 0 Å². The van der Waals surface area contributed by atoms with Crippen LogP contribution in [0.5, 0.6) is 0 Å². The fourth-order valence-electron chi connectivity index (χ4n) is 1.63. The maximum absolute atomic E-state index is 13.8. The van der Waals surface area contributed by atoms with Gasteiger partial charge in [0.15, 0.2) is 0 Å². The molecule has 1 unspecified atom stereocenters. The first-order chi connectivity index (χ1) is 8.49. The molecular formula is C13H9BrClF2N. The minimum atomic E-state index is -0.684. The molecular weight excluding hydrogens is 324 g/mol. The highest BCUT2D eigenvalue weighted by molar-refractivity contribution is 9.10. The van der Waals surface area contributed by atoms with E-state index in [9.17, 15) is 8.78 Å². The zero-order valence-corrected chi connectivity index (χ0v) is 11.5. The molecule has 1 atom stereocenters. The summed E-state index contributed by atoms with van der Waals surface area (Å²) in [5.74, 6) is -0.816. The predicted octanol–water partition coefficient (Wildman–Crippen LogP) is 4.43. The van der Waals surface area contributed by atoms with Crippen LogP contribution in [-0.2, 0) is 0 Å². The molecule has 2 rings (SSSR count). The molecule has 2 aromatic rings. The van der Waals surface area contributed by atoms with E-state index in [1.807, 2.05) is 0 Å². The number of halogens is 4. The quantitative estimate of drug-likeness (QED) is 0.809. The lowest BCUT2D eigenvalue weighted by atomic mass is 9.99. The van der Waals surface area contributed by atoms with E-state index in [2.05, 4.69) is 15.9 Å². The molecule has 2 N–H and O–H groups in total. The van der Waals surface area contributed by atoms with E-state index in [-0.39, 0.29) is 11.4 Å². The van der Waals surface area contributed by atoms with Gasteiger partial charge in [-0.2, -0.15) is 0 Å². The van der Waals surface area contributed by atoms with Crippen molar-refractivity contribution in [3.8, 4) is 0 Å². The zero-order chi connectivity index (χ0) is 13.3. The van der Waals surface area contributed by atoms with E-state index in [0.29, 0.717) is 15.1 Å². The maximum Gasteiger partial charge on any atom is 0.129 e. The lowest BCUT2D eigenvalue weighted by molar-refractivity contribution is 0.597. The Bertz CT molecular complexity index is 572. The predicted molar refractivity (Wildman–Crippen MR) is 71.5 cm³/mol. The monoisotopic (exact) mass is 331 g/mol. The third kappa shape index (κ3) is 2.71. The molecule has 0 saturated heterocycles. The summed E-state index contributed by atoms with van der Waals surface area (Å²) < 4.78 is 27.1. The van der Waals surface area contributed by atoms with E-state index in [1.54, 1.807) is 0 Å². The number of hydrogen-bond donors (Lipinski definition) is 1. The Morgan fingerprint density at radius 2 is 1.72 bits per heavy atom. The Hall–Kier alpha value is -0.970. The fraction of sp³-hybridized carbons (Fsp3) is 0.0769. The summed E-state index contributed by atoms with van der Waals surface area (Å²) in [6.45, 7) is 0. The van der Waals surface area contributed by atoms with Crippen LogP contribution in [0.15, 0.2) is 40.9 Å². The Kier molecular flexibility index (Phi) is 4.00. The van der Waals surface area contributed by atoms with Crippen LogP contribution in [0.3, 0.4) is 0 Å². The van der Waals surface area contributed by atoms with Crippen molar-refractivity contribution in [3.63, 3.8) is 0 Å². The van der Waals surface area contributed by atoms with Crippen LogP contribution in [0, 0.1) is 11.6 Å². The summed E-state index contributed by atoms with van der Waals surface area (Å²) in [7, 11) is 0. The number of benzene rings is 2. The molecule has 0 aromatic heterocycles. The zero-order valence-electron chi connectivity index (χ0n) is 9.13. The van der Waals surface area contributed by atoms with Gasteiger partial charge in [-0.1, -0.05) is 23.7 Å². The fourth-order valence-corrected chi connectivity index (χ4v) is 2.11. The highest BCUT2D eigenvalue weighted by Gasteiger charge is 2.15. The normalized spacial score (nSPS) is 12.5. The summed E-state index contributed by atoms with van der Waals surface area (Å²) in [4.78, 5) is 0. The van der Waals surface area contributed by atoms with Gasteiger partial charge in [-0.15, -0.1) is 0 Å². The molecule has 0 aliphatic rings.